The average Bonchev–Trinajstić information content (AvgIpc) is 4.00. The number of rotatable bonds is 7. The molecule has 2 heterocycles. The smallest absolute Gasteiger partial charge is 0.0541 e. The van der Waals surface area contributed by atoms with Crippen LogP contribution in [0.15, 0.2) is 231 Å². The number of para-hydroxylation sites is 3. The molecule has 66 heavy (non-hydrogen) atoms. The fourth-order valence-corrected chi connectivity index (χ4v) is 12.0. The van der Waals surface area contributed by atoms with Crippen LogP contribution in [-0.4, -0.2) is 4.57 Å². The van der Waals surface area contributed by atoms with Crippen molar-refractivity contribution >= 4 is 70.4 Å². The Morgan fingerprint density at radius 1 is 0.364 bits per heavy atom. The minimum absolute atomic E-state index is 0.0913. The minimum Gasteiger partial charge on any atom is -0.310 e. The number of nitrogens with zero attached hydrogens (tertiary/aromatic N) is 2. The first kappa shape index (κ1) is 38.5. The molecule has 12 aromatic rings. The third-order valence-corrected chi connectivity index (χ3v) is 15.2. The summed E-state index contributed by atoms with van der Waals surface area (Å²) in [6, 6.07) is 85.0. The van der Waals surface area contributed by atoms with Gasteiger partial charge in [-0.2, -0.15) is 0 Å². The van der Waals surface area contributed by atoms with Crippen LogP contribution in [0.25, 0.3) is 92.2 Å². The molecule has 0 aliphatic heterocycles. The molecule has 1 aliphatic carbocycles. The molecule has 0 saturated heterocycles. The number of anilines is 3. The molecule has 10 aromatic carbocycles. The quantitative estimate of drug-likeness (QED) is 0.155. The van der Waals surface area contributed by atoms with Gasteiger partial charge < -0.3 is 9.47 Å². The van der Waals surface area contributed by atoms with Gasteiger partial charge in [-0.05, 0) is 117 Å². The van der Waals surface area contributed by atoms with Gasteiger partial charge >= 0.3 is 0 Å². The molecule has 2 aromatic heterocycles. The zero-order chi connectivity index (χ0) is 43.9. The maximum absolute atomic E-state index is 2.41. The van der Waals surface area contributed by atoms with Crippen LogP contribution in [0.4, 0.5) is 17.1 Å². The van der Waals surface area contributed by atoms with Gasteiger partial charge in [0.15, 0.2) is 0 Å². The summed E-state index contributed by atoms with van der Waals surface area (Å²) in [7, 11) is 0. The first-order valence-corrected chi connectivity index (χ1v) is 23.6. The lowest BCUT2D eigenvalue weighted by Crippen LogP contribution is -2.16. The Labute approximate surface area is 388 Å². The van der Waals surface area contributed by atoms with Gasteiger partial charge in [0.25, 0.3) is 0 Å². The lowest BCUT2D eigenvalue weighted by atomic mass is 9.79. The van der Waals surface area contributed by atoms with Crippen molar-refractivity contribution in [3.8, 4) is 50.2 Å². The second-order valence-electron chi connectivity index (χ2n) is 18.1. The highest BCUT2D eigenvalue weighted by atomic mass is 32.1. The molecule has 0 radical (unpaired) electrons. The van der Waals surface area contributed by atoms with Crippen molar-refractivity contribution in [2.45, 2.75) is 19.3 Å². The molecular weight excluding hydrogens is 817 g/mol. The van der Waals surface area contributed by atoms with E-state index in [1.807, 2.05) is 11.3 Å². The van der Waals surface area contributed by atoms with Crippen molar-refractivity contribution in [3.05, 3.63) is 242 Å². The topological polar surface area (TPSA) is 8.17 Å². The normalized spacial score (nSPS) is 12.8. The van der Waals surface area contributed by atoms with E-state index in [1.165, 1.54) is 103 Å². The van der Waals surface area contributed by atoms with Crippen LogP contribution in [0.5, 0.6) is 0 Å². The van der Waals surface area contributed by atoms with Gasteiger partial charge in [-0.25, -0.2) is 0 Å². The van der Waals surface area contributed by atoms with Crippen LogP contribution >= 0.6 is 11.3 Å². The first-order valence-electron chi connectivity index (χ1n) is 22.8. The zero-order valence-corrected chi connectivity index (χ0v) is 37.6. The Balaban J connectivity index is 0.866. The van der Waals surface area contributed by atoms with Crippen molar-refractivity contribution in [3.63, 3.8) is 0 Å². The van der Waals surface area contributed by atoms with Crippen LogP contribution in [0.1, 0.15) is 25.0 Å². The Morgan fingerprint density at radius 3 is 1.56 bits per heavy atom. The van der Waals surface area contributed by atoms with E-state index in [0.29, 0.717) is 0 Å². The molecule has 0 bridgehead atoms. The van der Waals surface area contributed by atoms with E-state index >= 15 is 0 Å². The average molecular weight is 861 g/mol. The van der Waals surface area contributed by atoms with Crippen molar-refractivity contribution in [1.29, 1.82) is 0 Å². The molecule has 2 nitrogen and oxygen atoms in total. The second-order valence-corrected chi connectivity index (χ2v) is 19.2. The summed E-state index contributed by atoms with van der Waals surface area (Å²) in [5, 5.41) is 5.12. The van der Waals surface area contributed by atoms with E-state index in [1.54, 1.807) is 0 Å². The number of thiophene rings is 1. The molecule has 0 fully saturated rings. The SMILES string of the molecule is CC1(C)c2ccccc2-c2cccc(-c3ccc(N(c4ccc(-c5ccc(-c6ccccc6-n6c7ccccc7c7ccccc76)cc5)cc4)c4ccc5sc6ccccc6c5c4)cc3)c21. The molecule has 0 spiro atoms. The summed E-state index contributed by atoms with van der Waals surface area (Å²) in [5.74, 6) is 0. The number of hydrogen-bond donors (Lipinski definition) is 0. The molecule has 13 rings (SSSR count). The molecule has 3 heteroatoms. The summed E-state index contributed by atoms with van der Waals surface area (Å²) in [4.78, 5) is 2.41. The van der Waals surface area contributed by atoms with E-state index in [0.717, 1.165) is 17.1 Å². The number of aromatic nitrogens is 1. The maximum atomic E-state index is 2.41. The number of hydrogen-bond acceptors (Lipinski definition) is 2. The lowest BCUT2D eigenvalue weighted by molar-refractivity contribution is 0.662. The predicted octanol–water partition coefficient (Wildman–Crippen LogP) is 17.9. The van der Waals surface area contributed by atoms with Gasteiger partial charge in [-0.15, -0.1) is 11.3 Å². The van der Waals surface area contributed by atoms with E-state index < -0.39 is 0 Å². The van der Waals surface area contributed by atoms with Crippen molar-refractivity contribution in [1.82, 2.24) is 4.57 Å². The van der Waals surface area contributed by atoms with E-state index in [4.69, 9.17) is 0 Å². The first-order chi connectivity index (χ1) is 32.5. The Hall–Kier alpha value is -7.98. The zero-order valence-electron chi connectivity index (χ0n) is 36.7. The summed E-state index contributed by atoms with van der Waals surface area (Å²) in [5.41, 5.74) is 19.6. The highest BCUT2D eigenvalue weighted by Gasteiger charge is 2.37. The van der Waals surface area contributed by atoms with E-state index in [9.17, 15) is 0 Å². The molecule has 0 atom stereocenters. The summed E-state index contributed by atoms with van der Waals surface area (Å²) < 4.78 is 5.03. The van der Waals surface area contributed by atoms with Crippen LogP contribution < -0.4 is 4.90 Å². The summed E-state index contributed by atoms with van der Waals surface area (Å²) in [6.45, 7) is 4.74. The van der Waals surface area contributed by atoms with Gasteiger partial charge in [0, 0.05) is 59.0 Å². The van der Waals surface area contributed by atoms with Gasteiger partial charge in [0.05, 0.1) is 16.7 Å². The van der Waals surface area contributed by atoms with Gasteiger partial charge in [0.1, 0.15) is 0 Å². The second kappa shape index (κ2) is 15.1. The molecule has 312 valence electrons. The lowest BCUT2D eigenvalue weighted by Gasteiger charge is -2.27. The molecule has 0 unspecified atom stereocenters. The highest BCUT2D eigenvalue weighted by molar-refractivity contribution is 7.25. The molecule has 0 saturated carbocycles. The standard InChI is InChI=1S/C63H44N2S/c1-63(2)56-21-8-3-15-50(56)54-20-13-19-49(62(54)63)44-32-36-46(37-33-44)64(47-38-39-61-55(40-47)53-18-7-12-25-60(53)66-61)45-34-30-42(31-35-45)41-26-28-43(29-27-41)48-14-4-9-22-57(48)65-58-23-10-5-16-51(58)52-17-6-11-24-59(52)65/h3-40H,1-2H3. The monoisotopic (exact) mass is 860 g/mol. The molecule has 1 aliphatic rings. The van der Waals surface area contributed by atoms with Crippen LogP contribution in [0.2, 0.25) is 0 Å². The highest BCUT2D eigenvalue weighted by Crippen LogP contribution is 2.52. The molecule has 0 N–H and O–H groups in total. The van der Waals surface area contributed by atoms with Crippen molar-refractivity contribution in [2.24, 2.45) is 0 Å². The van der Waals surface area contributed by atoms with Crippen LogP contribution in [0.3, 0.4) is 0 Å². The Morgan fingerprint density at radius 2 is 0.848 bits per heavy atom. The van der Waals surface area contributed by atoms with Gasteiger partial charge in [-0.3, -0.25) is 0 Å². The molecule has 0 amide bonds. The van der Waals surface area contributed by atoms with Crippen molar-refractivity contribution in [2.75, 3.05) is 4.90 Å². The van der Waals surface area contributed by atoms with E-state index in [-0.39, 0.29) is 5.41 Å². The van der Waals surface area contributed by atoms with Crippen molar-refractivity contribution < 1.29 is 0 Å². The minimum atomic E-state index is -0.0913. The number of fused-ring (bicyclic) bond motifs is 9. The largest absolute Gasteiger partial charge is 0.310 e. The Bertz CT molecular complexity index is 3780. The van der Waals surface area contributed by atoms with Crippen LogP contribution in [-0.2, 0) is 5.41 Å². The summed E-state index contributed by atoms with van der Waals surface area (Å²) >= 11 is 1.86. The fraction of sp³-hybridized carbons (Fsp3) is 0.0476. The van der Waals surface area contributed by atoms with E-state index in [2.05, 4.69) is 254 Å². The third kappa shape index (κ3) is 6.01. The predicted molar refractivity (Wildman–Crippen MR) is 282 cm³/mol. The number of benzene rings is 10. The fourth-order valence-electron chi connectivity index (χ4n) is 10.9. The van der Waals surface area contributed by atoms with Crippen LogP contribution in [0, 0.1) is 0 Å². The Kier molecular flexibility index (Phi) is 8.78. The van der Waals surface area contributed by atoms with Gasteiger partial charge in [-0.1, -0.05) is 178 Å². The van der Waals surface area contributed by atoms with Gasteiger partial charge in [0.2, 0.25) is 0 Å². The third-order valence-electron chi connectivity index (χ3n) is 14.0. The maximum Gasteiger partial charge on any atom is 0.0541 e. The molecular formula is C63H44N2S. The summed E-state index contributed by atoms with van der Waals surface area (Å²) in [6.07, 6.45) is 0.